The van der Waals surface area contributed by atoms with Crippen LogP contribution in [-0.4, -0.2) is 41.8 Å². The predicted octanol–water partition coefficient (Wildman–Crippen LogP) is 4.05. The molecule has 35 heavy (non-hydrogen) atoms. The molecule has 1 aliphatic carbocycles. The lowest BCUT2D eigenvalue weighted by Crippen LogP contribution is -2.43. The number of Topliss-reactive ketones (excluding diaryl/α,β-unsaturated/α-hetero) is 1. The highest BCUT2D eigenvalue weighted by molar-refractivity contribution is 5.99. The van der Waals surface area contributed by atoms with E-state index in [-0.39, 0.29) is 46.0 Å². The number of rotatable bonds is 10. The molecule has 0 heterocycles. The number of carbonyl (C=O) groups is 2. The molecule has 2 aromatic rings. The summed E-state index contributed by atoms with van der Waals surface area (Å²) in [4.78, 5) is 51.7. The number of phenolic OH excluding ortho intramolecular Hbond substituents is 1. The van der Waals surface area contributed by atoms with Crippen LogP contribution < -0.4 is 21.5 Å². The number of nitrogens with zero attached hydrogens (tertiary/aromatic N) is 1. The molecule has 0 aliphatic heterocycles. The van der Waals surface area contributed by atoms with Gasteiger partial charge >= 0.3 is 0 Å². The van der Waals surface area contributed by atoms with Crippen LogP contribution in [0, 0.1) is 17.8 Å². The first-order valence-corrected chi connectivity index (χ1v) is 12.5. The van der Waals surface area contributed by atoms with E-state index < -0.39 is 22.8 Å². The second kappa shape index (κ2) is 11.1. The van der Waals surface area contributed by atoms with Gasteiger partial charge in [0.05, 0.1) is 17.3 Å². The number of hydrogen-bond donors (Lipinski definition) is 3. The van der Waals surface area contributed by atoms with Crippen LogP contribution in [0.2, 0.25) is 0 Å². The number of ketones is 1. The molecule has 0 radical (unpaired) electrons. The van der Waals surface area contributed by atoms with E-state index in [2.05, 4.69) is 17.6 Å². The highest BCUT2D eigenvalue weighted by Gasteiger charge is 2.31. The number of amides is 1. The summed E-state index contributed by atoms with van der Waals surface area (Å²) in [5.41, 5.74) is -1.21. The molecule has 2 aromatic carbocycles. The zero-order valence-corrected chi connectivity index (χ0v) is 21.3. The van der Waals surface area contributed by atoms with Gasteiger partial charge in [-0.05, 0) is 29.9 Å². The minimum atomic E-state index is -0.734. The molecule has 1 aliphatic rings. The fourth-order valence-corrected chi connectivity index (χ4v) is 4.93. The SMILES string of the molecule is CC(C)[C@@H](Nc1c(Nc2cccc(C(=O)N(C)C)c2O)c(=O)c1=O)C(=O)C[C@@H](C)C1CCCCC1. The van der Waals surface area contributed by atoms with Crippen LogP contribution in [0.5, 0.6) is 5.75 Å². The number of para-hydroxylation sites is 1. The van der Waals surface area contributed by atoms with Gasteiger partial charge in [0.2, 0.25) is 0 Å². The summed E-state index contributed by atoms with van der Waals surface area (Å²) in [6, 6.07) is 3.95. The highest BCUT2D eigenvalue weighted by atomic mass is 16.3. The van der Waals surface area contributed by atoms with Gasteiger partial charge in [-0.25, -0.2) is 0 Å². The van der Waals surface area contributed by atoms with Crippen molar-refractivity contribution in [2.75, 3.05) is 24.7 Å². The maximum atomic E-state index is 13.2. The van der Waals surface area contributed by atoms with Gasteiger partial charge in [0.25, 0.3) is 16.8 Å². The van der Waals surface area contributed by atoms with Gasteiger partial charge in [-0.15, -0.1) is 0 Å². The van der Waals surface area contributed by atoms with Crippen LogP contribution in [0.3, 0.4) is 0 Å². The summed E-state index contributed by atoms with van der Waals surface area (Å²) in [6.45, 7) is 5.93. The van der Waals surface area contributed by atoms with E-state index in [1.54, 1.807) is 20.2 Å². The highest BCUT2D eigenvalue weighted by Crippen LogP contribution is 2.34. The van der Waals surface area contributed by atoms with Crippen molar-refractivity contribution in [1.82, 2.24) is 4.90 Å². The van der Waals surface area contributed by atoms with Gasteiger partial charge in [-0.3, -0.25) is 19.2 Å². The summed E-state index contributed by atoms with van der Waals surface area (Å²) >= 11 is 0. The van der Waals surface area contributed by atoms with Crippen molar-refractivity contribution >= 4 is 28.8 Å². The largest absolute Gasteiger partial charge is 0.505 e. The van der Waals surface area contributed by atoms with Crippen molar-refractivity contribution in [2.24, 2.45) is 17.8 Å². The molecule has 1 fully saturated rings. The minimum absolute atomic E-state index is 0.0152. The van der Waals surface area contributed by atoms with Crippen molar-refractivity contribution in [3.63, 3.8) is 0 Å². The minimum Gasteiger partial charge on any atom is -0.505 e. The Morgan fingerprint density at radius 1 is 1.03 bits per heavy atom. The topological polar surface area (TPSA) is 116 Å². The molecule has 0 saturated heterocycles. The van der Waals surface area contributed by atoms with Crippen molar-refractivity contribution < 1.29 is 14.7 Å². The first-order chi connectivity index (χ1) is 16.5. The third-order valence-corrected chi connectivity index (χ3v) is 7.13. The smallest absolute Gasteiger partial charge is 0.257 e. The molecule has 3 rings (SSSR count). The Labute approximate surface area is 206 Å². The molecule has 8 nitrogen and oxygen atoms in total. The first-order valence-electron chi connectivity index (χ1n) is 12.5. The van der Waals surface area contributed by atoms with Crippen molar-refractivity contribution in [1.29, 1.82) is 0 Å². The van der Waals surface area contributed by atoms with E-state index in [1.165, 1.54) is 36.3 Å². The van der Waals surface area contributed by atoms with Gasteiger partial charge in [0.15, 0.2) is 11.5 Å². The van der Waals surface area contributed by atoms with Gasteiger partial charge < -0.3 is 20.6 Å². The molecule has 8 heteroatoms. The van der Waals surface area contributed by atoms with Gasteiger partial charge in [0.1, 0.15) is 11.4 Å². The Kier molecular flexibility index (Phi) is 8.35. The average Bonchev–Trinajstić information content (AvgIpc) is 2.83. The number of aromatic hydroxyl groups is 1. The number of carbonyl (C=O) groups excluding carboxylic acids is 2. The summed E-state index contributed by atoms with van der Waals surface area (Å²) in [6.07, 6.45) is 6.41. The van der Waals surface area contributed by atoms with Crippen LogP contribution in [0.4, 0.5) is 17.1 Å². The van der Waals surface area contributed by atoms with Crippen LogP contribution >= 0.6 is 0 Å². The Morgan fingerprint density at radius 3 is 2.26 bits per heavy atom. The molecule has 1 saturated carbocycles. The van der Waals surface area contributed by atoms with Crippen LogP contribution in [0.15, 0.2) is 27.8 Å². The maximum Gasteiger partial charge on any atom is 0.257 e. The maximum absolute atomic E-state index is 13.2. The van der Waals surface area contributed by atoms with Crippen LogP contribution in [-0.2, 0) is 4.79 Å². The fraction of sp³-hybridized carbons (Fsp3) is 0.556. The van der Waals surface area contributed by atoms with E-state index in [0.29, 0.717) is 12.3 Å². The van der Waals surface area contributed by atoms with E-state index >= 15 is 0 Å². The Bertz CT molecular complexity index is 1140. The molecular weight excluding hydrogens is 446 g/mol. The van der Waals surface area contributed by atoms with Crippen molar-refractivity contribution in [3.05, 3.63) is 44.2 Å². The van der Waals surface area contributed by atoms with Crippen molar-refractivity contribution in [2.45, 2.75) is 65.3 Å². The van der Waals surface area contributed by atoms with Crippen LogP contribution in [0.1, 0.15) is 69.7 Å². The zero-order chi connectivity index (χ0) is 25.9. The normalized spacial score (nSPS) is 16.2. The second-order valence-corrected chi connectivity index (χ2v) is 10.3. The second-order valence-electron chi connectivity index (χ2n) is 10.3. The standard InChI is InChI=1S/C27H37N3O5/c1-15(2)21(20(31)14-16(3)17-10-7-6-8-11-17)29-23-22(25(33)26(23)34)28-19-13-9-12-18(24(19)32)27(35)30(4)5/h9,12-13,15-17,21,28-29,32H,6-8,10-11,14H2,1-5H3/t16-,21-/m1/s1. The Morgan fingerprint density at radius 2 is 1.66 bits per heavy atom. The first kappa shape index (κ1) is 26.4. The van der Waals surface area contributed by atoms with E-state index in [1.807, 2.05) is 13.8 Å². The zero-order valence-electron chi connectivity index (χ0n) is 21.3. The van der Waals surface area contributed by atoms with Gasteiger partial charge in [0, 0.05) is 20.5 Å². The summed E-state index contributed by atoms with van der Waals surface area (Å²) in [7, 11) is 3.14. The monoisotopic (exact) mass is 483 g/mol. The van der Waals surface area contributed by atoms with E-state index in [9.17, 15) is 24.3 Å². The van der Waals surface area contributed by atoms with Crippen molar-refractivity contribution in [3.8, 4) is 5.75 Å². The lowest BCUT2D eigenvalue weighted by atomic mass is 9.78. The Hall–Kier alpha value is -3.16. The predicted molar refractivity (Wildman–Crippen MR) is 138 cm³/mol. The summed E-state index contributed by atoms with van der Waals surface area (Å²) in [5, 5.41) is 16.4. The molecule has 1 amide bonds. The summed E-state index contributed by atoms with van der Waals surface area (Å²) in [5.74, 6) is 0.0374. The third kappa shape index (κ3) is 5.74. The fourth-order valence-electron chi connectivity index (χ4n) is 4.93. The molecule has 0 unspecified atom stereocenters. The van der Waals surface area contributed by atoms with Gasteiger partial charge in [-0.2, -0.15) is 0 Å². The lowest BCUT2D eigenvalue weighted by molar-refractivity contribution is -0.121. The average molecular weight is 484 g/mol. The molecule has 3 N–H and O–H groups in total. The molecule has 0 bridgehead atoms. The Balaban J connectivity index is 1.79. The number of phenols is 1. The quantitative estimate of drug-likeness (QED) is 0.345. The summed E-state index contributed by atoms with van der Waals surface area (Å²) < 4.78 is 0. The van der Waals surface area contributed by atoms with E-state index in [0.717, 1.165) is 12.8 Å². The molecule has 190 valence electrons. The van der Waals surface area contributed by atoms with E-state index in [4.69, 9.17) is 0 Å². The third-order valence-electron chi connectivity index (χ3n) is 7.13. The molecule has 0 aromatic heterocycles. The number of anilines is 3. The lowest BCUT2D eigenvalue weighted by Gasteiger charge is -2.30. The number of benzene rings is 1. The number of hydrogen-bond acceptors (Lipinski definition) is 7. The molecule has 2 atom stereocenters. The number of nitrogens with one attached hydrogen (secondary N) is 2. The van der Waals surface area contributed by atoms with Gasteiger partial charge in [-0.1, -0.05) is 58.9 Å². The molecule has 0 spiro atoms. The molecular formula is C27H37N3O5. The van der Waals surface area contributed by atoms with Crippen LogP contribution in [0.25, 0.3) is 0 Å².